The van der Waals surface area contributed by atoms with Crippen molar-refractivity contribution in [1.82, 2.24) is 0 Å². The van der Waals surface area contributed by atoms with Gasteiger partial charge in [-0.3, -0.25) is 0 Å². The Morgan fingerprint density at radius 1 is 0.500 bits per heavy atom. The molecule has 0 bridgehead atoms. The molecule has 8 N–H and O–H groups in total. The Bertz CT molecular complexity index is 7.51. The first-order valence-corrected chi connectivity index (χ1v) is 0. The summed E-state index contributed by atoms with van der Waals surface area (Å²) >= 11 is 0. The second-order valence-electron chi connectivity index (χ2n) is 0. The molecule has 0 amide bonds. The van der Waals surface area contributed by atoms with E-state index in [1.807, 2.05) is 0 Å². The summed E-state index contributed by atoms with van der Waals surface area (Å²) < 4.78 is 0. The van der Waals surface area contributed by atoms with Crippen LogP contribution in [0.4, 0.5) is 0 Å². The molecule has 0 aromatic heterocycles. The van der Waals surface area contributed by atoms with Crippen molar-refractivity contribution in [3.05, 3.63) is 0 Å². The first-order chi connectivity index (χ1) is 0. The minimum atomic E-state index is 0. The standard InChI is InChI=1S/Al.Li.4H2O.4H/h;;4*1H2;;;;. The molecule has 0 aliphatic rings. The first kappa shape index (κ1) is 264. The molecular weight excluding hydrogens is 97.9 g/mol. The summed E-state index contributed by atoms with van der Waals surface area (Å²) in [4.78, 5) is 0. The van der Waals surface area contributed by atoms with Gasteiger partial charge in [0.15, 0.2) is 17.4 Å². The van der Waals surface area contributed by atoms with E-state index in [4.69, 9.17) is 0 Å². The van der Waals surface area contributed by atoms with Crippen molar-refractivity contribution in [2.45, 2.75) is 0 Å². The Morgan fingerprint density at radius 3 is 0.500 bits per heavy atom. The second kappa shape index (κ2) is 157. The van der Waals surface area contributed by atoms with E-state index >= 15 is 0 Å². The van der Waals surface area contributed by atoms with Crippen LogP contribution < -0.4 is 0 Å². The Hall–Kier alpha value is 0.970. The third-order valence-electron chi connectivity index (χ3n) is 0. The predicted molar refractivity (Wildman–Crippen MR) is 31.5 cm³/mol. The zero-order valence-corrected chi connectivity index (χ0v) is 2.00. The van der Waals surface area contributed by atoms with Gasteiger partial charge in [0.2, 0.25) is 0 Å². The van der Waals surface area contributed by atoms with Gasteiger partial charge in [0, 0.05) is 0 Å². The second-order valence-corrected chi connectivity index (χ2v) is 0. The number of rotatable bonds is 0. The fourth-order valence-electron chi connectivity index (χ4n) is 0. The van der Waals surface area contributed by atoms with Crippen LogP contribution in [0.15, 0.2) is 0 Å². The fraction of sp³-hybridized carbons (Fsp3) is 0. The van der Waals surface area contributed by atoms with Crippen molar-refractivity contribution in [3.63, 3.8) is 0 Å². The van der Waals surface area contributed by atoms with Crippen molar-refractivity contribution in [2.24, 2.45) is 0 Å². The molecule has 0 spiro atoms. The van der Waals surface area contributed by atoms with Gasteiger partial charge in [-0.25, -0.2) is 0 Å². The van der Waals surface area contributed by atoms with Crippen molar-refractivity contribution >= 4 is 36.2 Å². The average molecular weight is 110 g/mol. The summed E-state index contributed by atoms with van der Waals surface area (Å²) in [5, 5.41) is 0. The van der Waals surface area contributed by atoms with E-state index in [-0.39, 0.29) is 58.1 Å². The third-order valence-corrected chi connectivity index (χ3v) is 0. The molecule has 0 heterocycles. The van der Waals surface area contributed by atoms with Crippen LogP contribution in [-0.2, 0) is 0 Å². The molecule has 0 aliphatic heterocycles. The molecule has 0 unspecified atom stereocenters. The molecule has 0 aromatic rings. The van der Waals surface area contributed by atoms with Crippen molar-refractivity contribution < 1.29 is 21.9 Å². The van der Waals surface area contributed by atoms with Gasteiger partial charge in [0.25, 0.3) is 0 Å². The van der Waals surface area contributed by atoms with Gasteiger partial charge < -0.3 is 21.9 Å². The normalized spacial score (nSPS) is 0. The average Bonchev–Trinajstić information content (AvgIpc) is 0. The Balaban J connectivity index is 0. The van der Waals surface area contributed by atoms with E-state index in [0.717, 1.165) is 0 Å². The number of hydrogen-bond acceptors (Lipinski definition) is 0. The van der Waals surface area contributed by atoms with E-state index < -0.39 is 0 Å². The molecule has 6 heavy (non-hydrogen) atoms. The van der Waals surface area contributed by atoms with Crippen LogP contribution in [0, 0.1) is 0 Å². The molecule has 0 aromatic carbocycles. The molecule has 0 aliphatic carbocycles. The van der Waals surface area contributed by atoms with Gasteiger partial charge in [-0.15, -0.1) is 0 Å². The SMILES string of the molecule is O.O.O.O.[AlH3].[LiH]. The predicted octanol–water partition coefficient (Wildman–Crippen LogP) is -5.13. The topological polar surface area (TPSA) is 126 Å². The van der Waals surface area contributed by atoms with Crippen LogP contribution in [0.3, 0.4) is 0 Å². The van der Waals surface area contributed by atoms with Gasteiger partial charge in [-0.1, -0.05) is 0 Å². The number of hydrogen-bond donors (Lipinski definition) is 0. The summed E-state index contributed by atoms with van der Waals surface area (Å²) in [7, 11) is 0. The maximum atomic E-state index is 0. The van der Waals surface area contributed by atoms with Crippen LogP contribution in [0.25, 0.3) is 0 Å². The molecule has 0 radical (unpaired) electrons. The summed E-state index contributed by atoms with van der Waals surface area (Å²) in [5.41, 5.74) is 0. The van der Waals surface area contributed by atoms with Gasteiger partial charge in [0.1, 0.15) is 0 Å². The van der Waals surface area contributed by atoms with Crippen molar-refractivity contribution in [3.8, 4) is 0 Å². The molecule has 40 valence electrons. The summed E-state index contributed by atoms with van der Waals surface area (Å²) in [6, 6.07) is 0. The van der Waals surface area contributed by atoms with Gasteiger partial charge in [-0.05, 0) is 0 Å². The fourth-order valence-corrected chi connectivity index (χ4v) is 0. The molecule has 0 rings (SSSR count). The van der Waals surface area contributed by atoms with Gasteiger partial charge in [0.05, 0.1) is 0 Å². The van der Waals surface area contributed by atoms with Crippen LogP contribution in [0.2, 0.25) is 0 Å². The molecule has 4 nitrogen and oxygen atoms in total. The summed E-state index contributed by atoms with van der Waals surface area (Å²) in [6.45, 7) is 0. The Labute approximate surface area is 58.5 Å². The van der Waals surface area contributed by atoms with E-state index in [1.54, 1.807) is 0 Å². The van der Waals surface area contributed by atoms with Gasteiger partial charge in [-0.2, -0.15) is 0 Å². The van der Waals surface area contributed by atoms with E-state index in [1.165, 1.54) is 0 Å². The van der Waals surface area contributed by atoms with Crippen molar-refractivity contribution in [2.75, 3.05) is 0 Å². The van der Waals surface area contributed by atoms with Crippen LogP contribution >= 0.6 is 0 Å². The van der Waals surface area contributed by atoms with Crippen LogP contribution in [0.1, 0.15) is 0 Å². The van der Waals surface area contributed by atoms with E-state index in [0.29, 0.717) is 0 Å². The van der Waals surface area contributed by atoms with E-state index in [9.17, 15) is 0 Å². The van der Waals surface area contributed by atoms with Gasteiger partial charge >= 0.3 is 18.9 Å². The van der Waals surface area contributed by atoms with Crippen LogP contribution in [-0.4, -0.2) is 58.1 Å². The maximum absolute atomic E-state index is 0. The minimum absolute atomic E-state index is 0. The van der Waals surface area contributed by atoms with Crippen LogP contribution in [0.5, 0.6) is 0 Å². The monoisotopic (exact) mass is 110 g/mol. The molecule has 0 fully saturated rings. The first-order valence-electron chi connectivity index (χ1n) is 0. The van der Waals surface area contributed by atoms with E-state index in [2.05, 4.69) is 0 Å². The Morgan fingerprint density at radius 2 is 0.500 bits per heavy atom. The van der Waals surface area contributed by atoms with Crippen molar-refractivity contribution in [1.29, 1.82) is 0 Å². The third kappa shape index (κ3) is 83.3. The molecule has 0 saturated carbocycles. The molecule has 0 saturated heterocycles. The quantitative estimate of drug-likeness (QED) is 0.276. The molecule has 0 atom stereocenters. The molecule has 6 heteroatoms. The zero-order valence-electron chi connectivity index (χ0n) is 2.00. The Kier molecular flexibility index (Phi) is 6900. The zero-order chi connectivity index (χ0) is 0. The molecular formula is H12AlLiO4. The summed E-state index contributed by atoms with van der Waals surface area (Å²) in [6.07, 6.45) is 0. The summed E-state index contributed by atoms with van der Waals surface area (Å²) in [5.74, 6) is 0.